The van der Waals surface area contributed by atoms with E-state index in [1.165, 1.54) is 16.8 Å². The molecule has 0 bridgehead atoms. The average molecular weight is 446 g/mol. The average Bonchev–Trinajstić information content (AvgIpc) is 2.71. The van der Waals surface area contributed by atoms with Crippen molar-refractivity contribution in [2.75, 3.05) is 26.2 Å². The summed E-state index contributed by atoms with van der Waals surface area (Å²) in [7, 11) is -3.75. The second-order valence-electron chi connectivity index (χ2n) is 8.07. The minimum atomic E-state index is -3.75. The lowest BCUT2D eigenvalue weighted by atomic mass is 9.86. The fraction of sp³-hybridized carbons (Fsp3) is 0.650. The number of sulfonamides is 1. The summed E-state index contributed by atoms with van der Waals surface area (Å²) in [4.78, 5) is 14.7. The van der Waals surface area contributed by atoms with E-state index in [9.17, 15) is 17.6 Å². The van der Waals surface area contributed by atoms with Crippen molar-refractivity contribution in [2.45, 2.75) is 56.5 Å². The van der Waals surface area contributed by atoms with E-state index in [1.807, 2.05) is 11.8 Å². The fourth-order valence-corrected chi connectivity index (χ4v) is 5.81. The number of hydrogen-bond donors (Lipinski definition) is 1. The van der Waals surface area contributed by atoms with E-state index in [2.05, 4.69) is 12.2 Å². The molecule has 1 saturated heterocycles. The minimum Gasteiger partial charge on any atom is -0.352 e. The number of rotatable bonds is 5. The first-order valence-corrected chi connectivity index (χ1v) is 12.0. The van der Waals surface area contributed by atoms with E-state index in [1.54, 1.807) is 0 Å². The highest BCUT2D eigenvalue weighted by molar-refractivity contribution is 7.89. The molecule has 1 aromatic rings. The standard InChI is InChI=1S/C20H29ClFN3O3S/c1-14-5-3-4-6-19(14)23-20(26)15(2)24-9-11-25(12-10-24)29(27,28)16-7-8-18(22)17(21)13-16/h7-8,13-15,19H,3-6,9-12H2,1-2H3,(H,23,26). The van der Waals surface area contributed by atoms with Crippen molar-refractivity contribution in [2.24, 2.45) is 5.92 Å². The zero-order valence-electron chi connectivity index (χ0n) is 16.9. The molecule has 3 atom stereocenters. The number of carbonyl (C=O) groups excluding carboxylic acids is 1. The number of nitrogens with zero attached hydrogens (tertiary/aromatic N) is 2. The molecule has 1 aliphatic heterocycles. The minimum absolute atomic E-state index is 0.00498. The van der Waals surface area contributed by atoms with Crippen LogP contribution >= 0.6 is 11.6 Å². The van der Waals surface area contributed by atoms with Gasteiger partial charge in [0.2, 0.25) is 15.9 Å². The first-order valence-electron chi connectivity index (χ1n) is 10.2. The van der Waals surface area contributed by atoms with Crippen LogP contribution in [0.5, 0.6) is 0 Å². The molecule has 6 nitrogen and oxygen atoms in total. The van der Waals surface area contributed by atoms with E-state index >= 15 is 0 Å². The quantitative estimate of drug-likeness (QED) is 0.756. The van der Waals surface area contributed by atoms with Gasteiger partial charge in [-0.25, -0.2) is 12.8 Å². The second kappa shape index (κ2) is 9.29. The summed E-state index contributed by atoms with van der Waals surface area (Å²) >= 11 is 5.74. The van der Waals surface area contributed by atoms with Crippen molar-refractivity contribution >= 4 is 27.5 Å². The van der Waals surface area contributed by atoms with Gasteiger partial charge in [0.05, 0.1) is 16.0 Å². The van der Waals surface area contributed by atoms with Gasteiger partial charge in [0.15, 0.2) is 0 Å². The molecule has 29 heavy (non-hydrogen) atoms. The lowest BCUT2D eigenvalue weighted by Gasteiger charge is -2.38. The third-order valence-corrected chi connectivity index (χ3v) is 8.35. The van der Waals surface area contributed by atoms with E-state index in [-0.39, 0.29) is 41.0 Å². The first kappa shape index (κ1) is 22.5. The van der Waals surface area contributed by atoms with Crippen molar-refractivity contribution in [1.82, 2.24) is 14.5 Å². The molecule has 3 rings (SSSR count). The molecule has 0 aromatic heterocycles. The zero-order chi connectivity index (χ0) is 21.2. The molecular weight excluding hydrogens is 417 g/mol. The van der Waals surface area contributed by atoms with Crippen LogP contribution in [-0.2, 0) is 14.8 Å². The SMILES string of the molecule is CC1CCCCC1NC(=O)C(C)N1CCN(S(=O)(=O)c2ccc(F)c(Cl)c2)CC1. The van der Waals surface area contributed by atoms with Crippen LogP contribution in [0.4, 0.5) is 4.39 Å². The first-order chi connectivity index (χ1) is 13.7. The maximum absolute atomic E-state index is 13.4. The van der Waals surface area contributed by atoms with Gasteiger partial charge >= 0.3 is 0 Å². The number of nitrogens with one attached hydrogen (secondary N) is 1. The highest BCUT2D eigenvalue weighted by atomic mass is 35.5. The van der Waals surface area contributed by atoms with Crippen molar-refractivity contribution in [1.29, 1.82) is 0 Å². The highest BCUT2D eigenvalue weighted by Gasteiger charge is 2.33. The number of hydrogen-bond acceptors (Lipinski definition) is 4. The number of carbonyl (C=O) groups is 1. The van der Waals surface area contributed by atoms with Gasteiger partial charge in [-0.05, 0) is 43.9 Å². The van der Waals surface area contributed by atoms with Gasteiger partial charge < -0.3 is 5.32 Å². The van der Waals surface area contributed by atoms with Crippen LogP contribution in [0.15, 0.2) is 23.1 Å². The predicted octanol–water partition coefficient (Wildman–Crippen LogP) is 2.87. The molecule has 1 saturated carbocycles. The Labute approximate surface area is 177 Å². The van der Waals surface area contributed by atoms with E-state index in [4.69, 9.17) is 11.6 Å². The van der Waals surface area contributed by atoms with Crippen molar-refractivity contribution in [3.05, 3.63) is 29.0 Å². The Morgan fingerprint density at radius 3 is 2.48 bits per heavy atom. The van der Waals surface area contributed by atoms with Crippen LogP contribution in [0.1, 0.15) is 39.5 Å². The molecule has 1 heterocycles. The third kappa shape index (κ3) is 5.10. The Hall–Kier alpha value is -1.22. The maximum atomic E-state index is 13.4. The van der Waals surface area contributed by atoms with Gasteiger partial charge in [-0.1, -0.05) is 31.4 Å². The largest absolute Gasteiger partial charge is 0.352 e. The zero-order valence-corrected chi connectivity index (χ0v) is 18.5. The Morgan fingerprint density at radius 2 is 1.86 bits per heavy atom. The summed E-state index contributed by atoms with van der Waals surface area (Å²) in [5.74, 6) is -0.155. The summed E-state index contributed by atoms with van der Waals surface area (Å²) in [5, 5.41) is 2.97. The molecule has 1 amide bonds. The van der Waals surface area contributed by atoms with E-state index in [0.717, 1.165) is 31.4 Å². The van der Waals surface area contributed by atoms with Gasteiger partial charge in [0, 0.05) is 32.2 Å². The lowest BCUT2D eigenvalue weighted by Crippen LogP contribution is -2.56. The second-order valence-corrected chi connectivity index (χ2v) is 10.4. The van der Waals surface area contributed by atoms with Crippen LogP contribution in [0.25, 0.3) is 0 Å². The molecular formula is C20H29ClFN3O3S. The molecule has 0 radical (unpaired) electrons. The molecule has 9 heteroatoms. The van der Waals surface area contributed by atoms with Crippen LogP contribution in [0.3, 0.4) is 0 Å². The van der Waals surface area contributed by atoms with Gasteiger partial charge in [-0.15, -0.1) is 0 Å². The summed E-state index contributed by atoms with van der Waals surface area (Å²) < 4.78 is 40.3. The number of benzene rings is 1. The molecule has 0 spiro atoms. The smallest absolute Gasteiger partial charge is 0.243 e. The highest BCUT2D eigenvalue weighted by Crippen LogP contribution is 2.25. The summed E-state index contributed by atoms with van der Waals surface area (Å²) in [6.07, 6.45) is 4.53. The van der Waals surface area contributed by atoms with Crippen LogP contribution in [0.2, 0.25) is 5.02 Å². The summed E-state index contributed by atoms with van der Waals surface area (Å²) in [6, 6.07) is 3.34. The van der Waals surface area contributed by atoms with Gasteiger partial charge in [0.25, 0.3) is 0 Å². The van der Waals surface area contributed by atoms with Crippen LogP contribution < -0.4 is 5.32 Å². The van der Waals surface area contributed by atoms with Gasteiger partial charge in [0.1, 0.15) is 5.82 Å². The Kier molecular flexibility index (Phi) is 7.19. The molecule has 162 valence electrons. The molecule has 2 fully saturated rings. The van der Waals surface area contributed by atoms with Crippen molar-refractivity contribution < 1.29 is 17.6 Å². The molecule has 1 aliphatic carbocycles. The Bertz CT molecular complexity index is 843. The van der Waals surface area contributed by atoms with Gasteiger partial charge in [-0.3, -0.25) is 9.69 Å². The van der Waals surface area contributed by atoms with E-state index in [0.29, 0.717) is 19.0 Å². The molecule has 3 unspecified atom stereocenters. The fourth-order valence-electron chi connectivity index (χ4n) is 4.12. The van der Waals surface area contributed by atoms with Crippen molar-refractivity contribution in [3.8, 4) is 0 Å². The number of amides is 1. The van der Waals surface area contributed by atoms with Crippen molar-refractivity contribution in [3.63, 3.8) is 0 Å². The Balaban J connectivity index is 1.57. The number of piperazine rings is 1. The van der Waals surface area contributed by atoms with E-state index < -0.39 is 15.8 Å². The maximum Gasteiger partial charge on any atom is 0.243 e. The van der Waals surface area contributed by atoms with Crippen LogP contribution in [0, 0.1) is 11.7 Å². The third-order valence-electron chi connectivity index (χ3n) is 6.17. The summed E-state index contributed by atoms with van der Waals surface area (Å²) in [6.45, 7) is 5.52. The lowest BCUT2D eigenvalue weighted by molar-refractivity contribution is -0.127. The number of halogens is 2. The molecule has 2 aliphatic rings. The summed E-state index contributed by atoms with van der Waals surface area (Å²) in [5.41, 5.74) is 0. The molecule has 1 aromatic carbocycles. The topological polar surface area (TPSA) is 69.7 Å². The van der Waals surface area contributed by atoms with Gasteiger partial charge in [-0.2, -0.15) is 4.31 Å². The van der Waals surface area contributed by atoms with Crippen LogP contribution in [-0.4, -0.2) is 61.8 Å². The molecule has 1 N–H and O–H groups in total. The Morgan fingerprint density at radius 1 is 1.21 bits per heavy atom. The monoisotopic (exact) mass is 445 g/mol. The predicted molar refractivity (Wildman–Crippen MR) is 111 cm³/mol. The normalized spacial score (nSPS) is 25.5.